The van der Waals surface area contributed by atoms with E-state index in [-0.39, 0.29) is 12.2 Å². The first-order chi connectivity index (χ1) is 19.3. The maximum Gasteiger partial charge on any atom is 0.269 e. The van der Waals surface area contributed by atoms with Crippen LogP contribution in [0.3, 0.4) is 0 Å². The molecule has 200 valence electrons. The number of fused-ring (bicyclic) bond motifs is 1. The fourth-order valence-electron chi connectivity index (χ4n) is 5.03. The van der Waals surface area contributed by atoms with Gasteiger partial charge in [0.25, 0.3) is 23.4 Å². The highest BCUT2D eigenvalue weighted by molar-refractivity contribution is 6.31. The van der Waals surface area contributed by atoms with Crippen LogP contribution in [0.4, 0.5) is 11.4 Å². The molecule has 3 atom stereocenters. The topological polar surface area (TPSA) is 141 Å². The van der Waals surface area contributed by atoms with E-state index in [9.17, 15) is 24.5 Å². The molecule has 3 aliphatic rings. The molecule has 0 bridgehead atoms. The fraction of sp³-hybridized carbons (Fsp3) is 0.185. The average molecular weight is 558 g/mol. The van der Waals surface area contributed by atoms with Crippen molar-refractivity contribution in [3.8, 4) is 0 Å². The average Bonchev–Trinajstić information content (AvgIpc) is 3.65. The highest BCUT2D eigenvalue weighted by Crippen LogP contribution is 2.36. The Balaban J connectivity index is 1.26. The highest BCUT2D eigenvalue weighted by Gasteiger charge is 2.55. The summed E-state index contributed by atoms with van der Waals surface area (Å²) in [4.78, 5) is 51.6. The lowest BCUT2D eigenvalue weighted by atomic mass is 9.98. The van der Waals surface area contributed by atoms with E-state index in [2.05, 4.69) is 15.4 Å². The SMILES string of the molecule is O=C1[C@H]2N=NN(CC(=O)N3N=C(c4ccccc4)C[C@@H]3c3ccc([N+](=O)[O-])cc3)[C@@H]2C(=O)N1c1ccc(Cl)cc1. The number of carbonyl (C=O) groups excluding carboxylic acids is 3. The standard InChI is InChI=1S/C27H20ClN7O5/c28-18-8-12-19(13-9-18)33-26(37)24-25(27(33)38)32(31-29-24)15-23(36)34-22(17-6-10-20(11-7-17)35(39)40)14-21(30-34)16-4-2-1-3-5-16/h1-13,22,24-25H,14-15H2/t22-,24+,25+/m1/s1. The third kappa shape index (κ3) is 4.37. The van der Waals surface area contributed by atoms with Crippen LogP contribution in [0.15, 0.2) is 94.3 Å². The molecule has 3 amide bonds. The van der Waals surface area contributed by atoms with Crippen molar-refractivity contribution in [1.29, 1.82) is 0 Å². The molecule has 6 rings (SSSR count). The summed E-state index contributed by atoms with van der Waals surface area (Å²) in [6, 6.07) is 18.9. The summed E-state index contributed by atoms with van der Waals surface area (Å²) in [6.07, 6.45) is 0.378. The summed E-state index contributed by atoms with van der Waals surface area (Å²) in [5, 5.41) is 26.7. The molecule has 0 unspecified atom stereocenters. The zero-order valence-electron chi connectivity index (χ0n) is 20.7. The second-order valence-corrected chi connectivity index (χ2v) is 9.84. The number of halogens is 1. The molecule has 3 aliphatic heterocycles. The number of non-ortho nitro benzene ring substituents is 1. The van der Waals surface area contributed by atoms with Crippen molar-refractivity contribution < 1.29 is 19.3 Å². The summed E-state index contributed by atoms with van der Waals surface area (Å²) in [6.45, 7) is -0.354. The van der Waals surface area contributed by atoms with Gasteiger partial charge < -0.3 is 0 Å². The number of nitrogens with zero attached hydrogens (tertiary/aromatic N) is 7. The predicted octanol–water partition coefficient (Wildman–Crippen LogP) is 3.92. The Morgan fingerprint density at radius 1 is 0.975 bits per heavy atom. The molecule has 13 heteroatoms. The molecule has 1 saturated heterocycles. The number of hydrogen-bond acceptors (Lipinski definition) is 9. The second kappa shape index (κ2) is 9.97. The number of nitro groups is 1. The van der Waals surface area contributed by atoms with Gasteiger partial charge in [0, 0.05) is 23.6 Å². The molecule has 0 spiro atoms. The molecular weight excluding hydrogens is 538 g/mol. The molecule has 0 N–H and O–H groups in total. The Morgan fingerprint density at radius 3 is 2.35 bits per heavy atom. The van der Waals surface area contributed by atoms with E-state index < -0.39 is 40.8 Å². The van der Waals surface area contributed by atoms with Gasteiger partial charge in [-0.2, -0.15) is 10.2 Å². The van der Waals surface area contributed by atoms with Crippen molar-refractivity contribution in [3.63, 3.8) is 0 Å². The van der Waals surface area contributed by atoms with Gasteiger partial charge in [-0.25, -0.2) is 9.91 Å². The van der Waals surface area contributed by atoms with Crippen molar-refractivity contribution in [1.82, 2.24) is 10.0 Å². The van der Waals surface area contributed by atoms with E-state index in [0.717, 1.165) is 10.5 Å². The van der Waals surface area contributed by atoms with Gasteiger partial charge in [0.2, 0.25) is 0 Å². The van der Waals surface area contributed by atoms with Crippen LogP contribution in [0.5, 0.6) is 0 Å². The smallest absolute Gasteiger partial charge is 0.269 e. The minimum Gasteiger partial charge on any atom is -0.271 e. The Hall–Kier alpha value is -4.97. The summed E-state index contributed by atoms with van der Waals surface area (Å²) < 4.78 is 0. The number of hydrazone groups is 1. The van der Waals surface area contributed by atoms with Crippen LogP contribution in [0, 0.1) is 10.1 Å². The number of benzene rings is 3. The molecule has 0 aromatic heterocycles. The monoisotopic (exact) mass is 557 g/mol. The molecular formula is C27H20ClN7O5. The van der Waals surface area contributed by atoms with Crippen LogP contribution in [-0.2, 0) is 14.4 Å². The minimum absolute atomic E-state index is 0.0676. The molecule has 1 fully saturated rings. The van der Waals surface area contributed by atoms with Crippen LogP contribution in [0.25, 0.3) is 0 Å². The Kier molecular flexibility index (Phi) is 6.31. The largest absolute Gasteiger partial charge is 0.271 e. The molecule has 12 nitrogen and oxygen atoms in total. The molecule has 3 aromatic rings. The minimum atomic E-state index is -1.07. The third-order valence-corrected chi connectivity index (χ3v) is 7.25. The van der Waals surface area contributed by atoms with Gasteiger partial charge in [-0.15, -0.1) is 0 Å². The van der Waals surface area contributed by atoms with E-state index in [4.69, 9.17) is 11.6 Å². The number of hydrogen-bond donors (Lipinski definition) is 0. The van der Waals surface area contributed by atoms with E-state index in [0.29, 0.717) is 28.4 Å². The zero-order chi connectivity index (χ0) is 28.0. The number of imide groups is 1. The molecule has 0 radical (unpaired) electrons. The first kappa shape index (κ1) is 25.3. The number of nitro benzene ring substituents is 1. The molecule has 0 aliphatic carbocycles. The molecule has 3 heterocycles. The van der Waals surface area contributed by atoms with E-state index in [1.54, 1.807) is 36.4 Å². The van der Waals surface area contributed by atoms with Crippen LogP contribution >= 0.6 is 11.6 Å². The van der Waals surface area contributed by atoms with Crippen molar-refractivity contribution in [2.45, 2.75) is 24.5 Å². The van der Waals surface area contributed by atoms with E-state index >= 15 is 0 Å². The van der Waals surface area contributed by atoms with Crippen LogP contribution in [-0.4, -0.2) is 57.0 Å². The van der Waals surface area contributed by atoms with Gasteiger partial charge in [0.05, 0.1) is 22.4 Å². The number of anilines is 1. The van der Waals surface area contributed by atoms with Crippen LogP contribution < -0.4 is 4.90 Å². The molecule has 0 saturated carbocycles. The summed E-state index contributed by atoms with van der Waals surface area (Å²) >= 11 is 5.94. The number of amides is 3. The predicted molar refractivity (Wildman–Crippen MR) is 143 cm³/mol. The summed E-state index contributed by atoms with van der Waals surface area (Å²) in [5.41, 5.74) is 2.45. The van der Waals surface area contributed by atoms with E-state index in [1.165, 1.54) is 22.2 Å². The van der Waals surface area contributed by atoms with Crippen molar-refractivity contribution >= 4 is 46.4 Å². The second-order valence-electron chi connectivity index (χ2n) is 9.40. The van der Waals surface area contributed by atoms with Crippen LogP contribution in [0.1, 0.15) is 23.6 Å². The molecule has 40 heavy (non-hydrogen) atoms. The van der Waals surface area contributed by atoms with Gasteiger partial charge in [-0.05, 0) is 35.4 Å². The molecule has 3 aromatic carbocycles. The van der Waals surface area contributed by atoms with Gasteiger partial charge in [-0.3, -0.25) is 29.5 Å². The number of rotatable bonds is 6. The highest BCUT2D eigenvalue weighted by atomic mass is 35.5. The fourth-order valence-corrected chi connectivity index (χ4v) is 5.16. The zero-order valence-corrected chi connectivity index (χ0v) is 21.5. The Bertz CT molecular complexity index is 1580. The first-order valence-corrected chi connectivity index (χ1v) is 12.7. The van der Waals surface area contributed by atoms with Gasteiger partial charge in [0.15, 0.2) is 12.1 Å². The van der Waals surface area contributed by atoms with Crippen molar-refractivity contribution in [3.05, 3.63) is 105 Å². The van der Waals surface area contributed by atoms with Crippen LogP contribution in [0.2, 0.25) is 5.02 Å². The van der Waals surface area contributed by atoms with Gasteiger partial charge in [0.1, 0.15) is 6.54 Å². The lowest BCUT2D eigenvalue weighted by Crippen LogP contribution is -2.44. The van der Waals surface area contributed by atoms with Crippen molar-refractivity contribution in [2.24, 2.45) is 15.4 Å². The lowest BCUT2D eigenvalue weighted by Gasteiger charge is -2.25. The normalized spacial score (nSPS) is 21.7. The van der Waals surface area contributed by atoms with E-state index in [1.807, 2.05) is 30.3 Å². The van der Waals surface area contributed by atoms with Gasteiger partial charge >= 0.3 is 0 Å². The third-order valence-electron chi connectivity index (χ3n) is 7.00. The number of carbonyl (C=O) groups is 3. The lowest BCUT2D eigenvalue weighted by molar-refractivity contribution is -0.384. The van der Waals surface area contributed by atoms with Gasteiger partial charge in [-0.1, -0.05) is 59.3 Å². The summed E-state index contributed by atoms with van der Waals surface area (Å²) in [7, 11) is 0. The quantitative estimate of drug-likeness (QED) is 0.255. The van der Waals surface area contributed by atoms with Crippen molar-refractivity contribution in [2.75, 3.05) is 11.4 Å². The maximum atomic E-state index is 13.6. The maximum absolute atomic E-state index is 13.6. The first-order valence-electron chi connectivity index (χ1n) is 12.3. The Labute approximate surface area is 232 Å². The summed E-state index contributed by atoms with van der Waals surface area (Å²) in [5.74, 6) is -1.55. The Morgan fingerprint density at radius 2 is 1.68 bits per heavy atom.